The molecule has 0 aliphatic carbocycles. The van der Waals surface area contributed by atoms with Gasteiger partial charge in [-0.25, -0.2) is 0 Å². The molecule has 0 spiro atoms. The fourth-order valence-corrected chi connectivity index (χ4v) is 3.52. The number of hydrogen-bond acceptors (Lipinski definition) is 4. The average Bonchev–Trinajstić information content (AvgIpc) is 2.35. The van der Waals surface area contributed by atoms with Gasteiger partial charge >= 0.3 is 0 Å². The molecule has 1 atom stereocenters. The van der Waals surface area contributed by atoms with Gasteiger partial charge in [0, 0.05) is 33.3 Å². The molecule has 3 N–H and O–H groups in total. The Morgan fingerprint density at radius 2 is 2.24 bits per heavy atom. The van der Waals surface area contributed by atoms with Crippen molar-refractivity contribution in [1.29, 1.82) is 0 Å². The zero-order valence-corrected chi connectivity index (χ0v) is 11.2. The van der Waals surface area contributed by atoms with Gasteiger partial charge in [-0.15, -0.1) is 0 Å². The summed E-state index contributed by atoms with van der Waals surface area (Å²) in [5.74, 6) is 0.0708. The summed E-state index contributed by atoms with van der Waals surface area (Å²) in [4.78, 5) is 0. The van der Waals surface area contributed by atoms with Gasteiger partial charge in [0.2, 0.25) is 0 Å². The molecule has 1 saturated heterocycles. The van der Waals surface area contributed by atoms with Crippen LogP contribution in [0.5, 0.6) is 0 Å². The molecule has 0 aromatic rings. The minimum absolute atomic E-state index is 0.0541. The molecule has 0 aromatic carbocycles. The highest BCUT2D eigenvalue weighted by Crippen LogP contribution is 2.20. The van der Waals surface area contributed by atoms with Crippen LogP contribution >= 0.6 is 0 Å². The Hall–Kier alpha value is -0.210. The molecule has 0 bridgehead atoms. The summed E-state index contributed by atoms with van der Waals surface area (Å²) < 4.78 is 27.2. The molecule has 1 aliphatic heterocycles. The van der Waals surface area contributed by atoms with E-state index in [4.69, 9.17) is 10.8 Å². The molecule has 17 heavy (non-hydrogen) atoms. The summed E-state index contributed by atoms with van der Waals surface area (Å²) in [6.07, 6.45) is 2.37. The van der Waals surface area contributed by atoms with Crippen molar-refractivity contribution in [3.63, 3.8) is 0 Å². The molecule has 102 valence electrons. The fraction of sp³-hybridized carbons (Fsp3) is 1.00. The van der Waals surface area contributed by atoms with Crippen LogP contribution < -0.4 is 5.73 Å². The van der Waals surface area contributed by atoms with Crippen molar-refractivity contribution < 1.29 is 13.5 Å². The van der Waals surface area contributed by atoms with Gasteiger partial charge in [0.25, 0.3) is 10.2 Å². The lowest BCUT2D eigenvalue weighted by atomic mass is 10.0. The largest absolute Gasteiger partial charge is 0.396 e. The van der Waals surface area contributed by atoms with Gasteiger partial charge in [0.15, 0.2) is 0 Å². The number of nitrogens with two attached hydrogens (primary N) is 1. The third-order valence-corrected chi connectivity index (χ3v) is 5.09. The molecule has 6 nitrogen and oxygen atoms in total. The molecule has 1 heterocycles. The highest BCUT2D eigenvalue weighted by molar-refractivity contribution is 7.86. The Kier molecular flexibility index (Phi) is 5.81. The maximum atomic E-state index is 12.2. The summed E-state index contributed by atoms with van der Waals surface area (Å²) in [7, 11) is -1.80. The van der Waals surface area contributed by atoms with Gasteiger partial charge in [-0.3, -0.25) is 0 Å². The van der Waals surface area contributed by atoms with Gasteiger partial charge in [0.1, 0.15) is 0 Å². The van der Waals surface area contributed by atoms with Crippen LogP contribution in [0.3, 0.4) is 0 Å². The minimum atomic E-state index is -3.38. The van der Waals surface area contributed by atoms with Crippen molar-refractivity contribution in [2.24, 2.45) is 11.7 Å². The van der Waals surface area contributed by atoms with E-state index >= 15 is 0 Å². The highest BCUT2D eigenvalue weighted by Gasteiger charge is 2.31. The molecule has 7 heteroatoms. The number of hydrogen-bond donors (Lipinski definition) is 2. The van der Waals surface area contributed by atoms with Crippen LogP contribution in [-0.4, -0.2) is 62.0 Å². The lowest BCUT2D eigenvalue weighted by Crippen LogP contribution is -2.47. The van der Waals surface area contributed by atoms with Crippen molar-refractivity contribution in [2.75, 3.05) is 39.8 Å². The Morgan fingerprint density at radius 3 is 2.82 bits per heavy atom. The first kappa shape index (κ1) is 14.8. The van der Waals surface area contributed by atoms with E-state index in [2.05, 4.69) is 0 Å². The van der Waals surface area contributed by atoms with Gasteiger partial charge in [-0.2, -0.15) is 17.0 Å². The summed E-state index contributed by atoms with van der Waals surface area (Å²) in [5.41, 5.74) is 5.37. The van der Waals surface area contributed by atoms with Crippen LogP contribution in [-0.2, 0) is 10.2 Å². The first-order valence-corrected chi connectivity index (χ1v) is 7.44. The number of rotatable bonds is 6. The number of aliphatic hydroxyl groups is 1. The fourth-order valence-electron chi connectivity index (χ4n) is 2.01. The van der Waals surface area contributed by atoms with Crippen LogP contribution in [0.1, 0.15) is 19.3 Å². The Morgan fingerprint density at radius 1 is 1.53 bits per heavy atom. The van der Waals surface area contributed by atoms with Gasteiger partial charge < -0.3 is 10.8 Å². The van der Waals surface area contributed by atoms with E-state index in [1.165, 1.54) is 8.61 Å². The predicted octanol–water partition coefficient (Wildman–Crippen LogP) is -0.784. The normalized spacial score (nSPS) is 23.2. The molecule has 1 rings (SSSR count). The quantitative estimate of drug-likeness (QED) is 0.659. The topological polar surface area (TPSA) is 86.9 Å². The zero-order valence-electron chi connectivity index (χ0n) is 10.4. The second-order valence-corrected chi connectivity index (χ2v) is 6.56. The van der Waals surface area contributed by atoms with E-state index < -0.39 is 10.2 Å². The molecule has 0 aromatic heterocycles. The van der Waals surface area contributed by atoms with Gasteiger partial charge in [-0.1, -0.05) is 0 Å². The summed E-state index contributed by atoms with van der Waals surface area (Å²) in [5, 5.41) is 9.10. The molecular weight excluding hydrogens is 242 g/mol. The van der Waals surface area contributed by atoms with Crippen LogP contribution in [0.4, 0.5) is 0 Å². The van der Waals surface area contributed by atoms with E-state index in [0.29, 0.717) is 32.6 Å². The van der Waals surface area contributed by atoms with Crippen molar-refractivity contribution in [3.05, 3.63) is 0 Å². The first-order valence-electron chi connectivity index (χ1n) is 6.04. The molecule has 0 radical (unpaired) electrons. The second kappa shape index (κ2) is 6.65. The number of aliphatic hydroxyl groups excluding tert-OH is 1. The third kappa shape index (κ3) is 3.89. The Balaban J connectivity index is 2.62. The molecular formula is C10H23N3O3S. The van der Waals surface area contributed by atoms with Gasteiger partial charge in [0.05, 0.1) is 0 Å². The van der Waals surface area contributed by atoms with E-state index in [0.717, 1.165) is 12.8 Å². The predicted molar refractivity (Wildman–Crippen MR) is 66.6 cm³/mol. The standard InChI is InChI=1S/C10H23N3O3S/c1-12(6-3-5-11)17(15,16)13-7-2-4-10(8-13)9-14/h10,14H,2-9,11H2,1H3. The maximum Gasteiger partial charge on any atom is 0.281 e. The lowest BCUT2D eigenvalue weighted by molar-refractivity contribution is 0.161. The molecule has 0 saturated carbocycles. The van der Waals surface area contributed by atoms with Crippen molar-refractivity contribution in [1.82, 2.24) is 8.61 Å². The van der Waals surface area contributed by atoms with E-state index in [9.17, 15) is 8.42 Å². The first-order chi connectivity index (χ1) is 8.02. The van der Waals surface area contributed by atoms with Crippen molar-refractivity contribution >= 4 is 10.2 Å². The zero-order chi connectivity index (χ0) is 12.9. The summed E-state index contributed by atoms with van der Waals surface area (Å²) in [6, 6.07) is 0. The third-order valence-electron chi connectivity index (χ3n) is 3.14. The van der Waals surface area contributed by atoms with Crippen molar-refractivity contribution in [2.45, 2.75) is 19.3 Å². The Labute approximate surface area is 104 Å². The maximum absolute atomic E-state index is 12.2. The number of nitrogens with zero attached hydrogens (tertiary/aromatic N) is 2. The molecule has 0 amide bonds. The second-order valence-electron chi connectivity index (χ2n) is 4.52. The average molecular weight is 265 g/mol. The highest BCUT2D eigenvalue weighted by atomic mass is 32.2. The van der Waals surface area contributed by atoms with E-state index in [1.54, 1.807) is 7.05 Å². The lowest BCUT2D eigenvalue weighted by Gasteiger charge is -2.33. The Bertz CT molecular complexity index is 321. The summed E-state index contributed by atoms with van der Waals surface area (Å²) in [6.45, 7) is 1.95. The van der Waals surface area contributed by atoms with E-state index in [-0.39, 0.29) is 12.5 Å². The molecule has 1 aliphatic rings. The molecule has 1 fully saturated rings. The van der Waals surface area contributed by atoms with Crippen LogP contribution in [0.25, 0.3) is 0 Å². The van der Waals surface area contributed by atoms with Crippen LogP contribution in [0.2, 0.25) is 0 Å². The minimum Gasteiger partial charge on any atom is -0.396 e. The van der Waals surface area contributed by atoms with Crippen LogP contribution in [0, 0.1) is 5.92 Å². The summed E-state index contributed by atoms with van der Waals surface area (Å²) >= 11 is 0. The van der Waals surface area contributed by atoms with Gasteiger partial charge in [-0.05, 0) is 31.7 Å². The molecule has 1 unspecified atom stereocenters. The van der Waals surface area contributed by atoms with Crippen LogP contribution in [0.15, 0.2) is 0 Å². The monoisotopic (exact) mass is 265 g/mol. The number of piperidine rings is 1. The van der Waals surface area contributed by atoms with E-state index in [1.807, 2.05) is 0 Å². The smallest absolute Gasteiger partial charge is 0.281 e. The SMILES string of the molecule is CN(CCCN)S(=O)(=O)N1CCCC(CO)C1. The van der Waals surface area contributed by atoms with Crippen molar-refractivity contribution in [3.8, 4) is 0 Å².